The molecule has 1 saturated heterocycles. The third kappa shape index (κ3) is 4.58. The third-order valence-electron chi connectivity index (χ3n) is 6.41. The Morgan fingerprint density at radius 2 is 1.76 bits per heavy atom. The summed E-state index contributed by atoms with van der Waals surface area (Å²) in [6, 6.07) is 16.7. The lowest BCUT2D eigenvalue weighted by molar-refractivity contribution is -0.119. The van der Waals surface area contributed by atoms with Crippen LogP contribution in [0.4, 0.5) is 5.95 Å². The maximum Gasteiger partial charge on any atom is 0.225 e. The number of aromatic nitrogens is 4. The topological polar surface area (TPSA) is 86.8 Å². The molecule has 0 radical (unpaired) electrons. The molecule has 0 aliphatic carbocycles. The van der Waals surface area contributed by atoms with Crippen molar-refractivity contribution in [2.75, 3.05) is 18.0 Å². The molecule has 168 valence electrons. The number of hydrogen-bond donors (Lipinski definition) is 2. The summed E-state index contributed by atoms with van der Waals surface area (Å²) in [5.74, 6) is 2.08. The van der Waals surface area contributed by atoms with E-state index in [2.05, 4.69) is 54.4 Å². The Morgan fingerprint density at radius 1 is 1.06 bits per heavy atom. The Hall–Kier alpha value is -3.74. The zero-order chi connectivity index (χ0) is 22.8. The SMILES string of the molecule is CC(=O)NC(C)c1ccc(C2CCN(c3ncc(-c4nc5ccccc5[nH]4)cn3)CC2)cc1. The fourth-order valence-electron chi connectivity index (χ4n) is 4.55. The van der Waals surface area contributed by atoms with E-state index in [0.29, 0.717) is 5.92 Å². The second-order valence-electron chi connectivity index (χ2n) is 8.72. The van der Waals surface area contributed by atoms with Crippen molar-refractivity contribution in [1.82, 2.24) is 25.3 Å². The highest BCUT2D eigenvalue weighted by atomic mass is 16.1. The number of hydrogen-bond acceptors (Lipinski definition) is 5. The van der Waals surface area contributed by atoms with Crippen molar-refractivity contribution < 1.29 is 4.79 Å². The lowest BCUT2D eigenvalue weighted by atomic mass is 9.88. The van der Waals surface area contributed by atoms with Crippen LogP contribution in [0, 0.1) is 0 Å². The molecule has 2 aromatic carbocycles. The van der Waals surface area contributed by atoms with Gasteiger partial charge in [-0.2, -0.15) is 0 Å². The molecule has 5 rings (SSSR count). The van der Waals surface area contributed by atoms with Crippen LogP contribution in [-0.4, -0.2) is 38.9 Å². The second kappa shape index (κ2) is 9.02. The van der Waals surface area contributed by atoms with Gasteiger partial charge in [0.2, 0.25) is 11.9 Å². The van der Waals surface area contributed by atoms with Gasteiger partial charge in [-0.1, -0.05) is 36.4 Å². The van der Waals surface area contributed by atoms with E-state index in [9.17, 15) is 4.79 Å². The summed E-state index contributed by atoms with van der Waals surface area (Å²) < 4.78 is 0. The molecule has 1 aliphatic rings. The lowest BCUT2D eigenvalue weighted by Gasteiger charge is -2.32. The number of nitrogens with zero attached hydrogens (tertiary/aromatic N) is 4. The molecular formula is C26H28N6O. The molecule has 1 atom stereocenters. The van der Waals surface area contributed by atoms with Crippen molar-refractivity contribution in [2.24, 2.45) is 0 Å². The van der Waals surface area contributed by atoms with Crippen molar-refractivity contribution in [3.05, 3.63) is 72.1 Å². The maximum absolute atomic E-state index is 11.3. The number of aromatic amines is 1. The summed E-state index contributed by atoms with van der Waals surface area (Å²) in [5.41, 5.74) is 5.32. The molecule has 1 unspecified atom stereocenters. The normalized spacial score (nSPS) is 15.5. The van der Waals surface area contributed by atoms with Gasteiger partial charge in [0.25, 0.3) is 0 Å². The number of benzene rings is 2. The molecular weight excluding hydrogens is 412 g/mol. The third-order valence-corrected chi connectivity index (χ3v) is 6.41. The monoisotopic (exact) mass is 440 g/mol. The number of imidazole rings is 1. The number of piperidine rings is 1. The first-order valence-corrected chi connectivity index (χ1v) is 11.5. The van der Waals surface area contributed by atoms with Gasteiger partial charge >= 0.3 is 0 Å². The number of amides is 1. The van der Waals surface area contributed by atoms with Crippen LogP contribution >= 0.6 is 0 Å². The number of rotatable bonds is 5. The maximum atomic E-state index is 11.3. The van der Waals surface area contributed by atoms with E-state index in [0.717, 1.165) is 59.9 Å². The first kappa shape index (κ1) is 21.1. The van der Waals surface area contributed by atoms with Gasteiger partial charge in [0.1, 0.15) is 5.82 Å². The largest absolute Gasteiger partial charge is 0.350 e. The van der Waals surface area contributed by atoms with Crippen molar-refractivity contribution in [2.45, 2.75) is 38.6 Å². The van der Waals surface area contributed by atoms with Gasteiger partial charge in [-0.15, -0.1) is 0 Å². The van der Waals surface area contributed by atoms with Crippen molar-refractivity contribution in [3.8, 4) is 11.4 Å². The zero-order valence-corrected chi connectivity index (χ0v) is 19.0. The van der Waals surface area contributed by atoms with Gasteiger partial charge in [-0.05, 0) is 48.9 Å². The van der Waals surface area contributed by atoms with Crippen LogP contribution in [0.3, 0.4) is 0 Å². The van der Waals surface area contributed by atoms with Crippen LogP contribution in [0.1, 0.15) is 49.8 Å². The quantitative estimate of drug-likeness (QED) is 0.474. The number of nitrogens with one attached hydrogen (secondary N) is 2. The second-order valence-corrected chi connectivity index (χ2v) is 8.72. The Bertz CT molecular complexity index is 1210. The Balaban J connectivity index is 1.21. The minimum atomic E-state index is -0.00760. The van der Waals surface area contributed by atoms with E-state index in [-0.39, 0.29) is 11.9 Å². The minimum Gasteiger partial charge on any atom is -0.350 e. The van der Waals surface area contributed by atoms with Crippen LogP contribution in [0.2, 0.25) is 0 Å². The minimum absolute atomic E-state index is 0.00760. The molecule has 3 heterocycles. The zero-order valence-electron chi connectivity index (χ0n) is 19.0. The van der Waals surface area contributed by atoms with E-state index in [1.54, 1.807) is 6.92 Å². The predicted octanol–water partition coefficient (Wildman–Crippen LogP) is 4.60. The summed E-state index contributed by atoms with van der Waals surface area (Å²) in [7, 11) is 0. The number of carbonyl (C=O) groups excluding carboxylic acids is 1. The van der Waals surface area contributed by atoms with Crippen molar-refractivity contribution >= 4 is 22.9 Å². The number of H-pyrrole nitrogens is 1. The lowest BCUT2D eigenvalue weighted by Crippen LogP contribution is -2.34. The number of fused-ring (bicyclic) bond motifs is 1. The van der Waals surface area contributed by atoms with Gasteiger partial charge in [0, 0.05) is 32.4 Å². The predicted molar refractivity (Wildman–Crippen MR) is 130 cm³/mol. The molecule has 4 aromatic rings. The van der Waals surface area contributed by atoms with Crippen LogP contribution in [-0.2, 0) is 4.79 Å². The molecule has 0 spiro atoms. The van der Waals surface area contributed by atoms with E-state index in [4.69, 9.17) is 0 Å². The molecule has 33 heavy (non-hydrogen) atoms. The Morgan fingerprint density at radius 3 is 2.42 bits per heavy atom. The summed E-state index contributed by atoms with van der Waals surface area (Å²) in [5, 5.41) is 2.94. The first-order valence-electron chi connectivity index (χ1n) is 11.5. The summed E-state index contributed by atoms with van der Waals surface area (Å²) >= 11 is 0. The van der Waals surface area contributed by atoms with Crippen LogP contribution in [0.15, 0.2) is 60.9 Å². The van der Waals surface area contributed by atoms with Crippen LogP contribution in [0.5, 0.6) is 0 Å². The number of carbonyl (C=O) groups is 1. The average Bonchev–Trinajstić information content (AvgIpc) is 3.28. The summed E-state index contributed by atoms with van der Waals surface area (Å²) in [6.45, 7) is 5.42. The van der Waals surface area contributed by atoms with E-state index in [1.165, 1.54) is 5.56 Å². The van der Waals surface area contributed by atoms with Gasteiger partial charge in [0.15, 0.2) is 0 Å². The molecule has 2 N–H and O–H groups in total. The van der Waals surface area contributed by atoms with Gasteiger partial charge < -0.3 is 15.2 Å². The van der Waals surface area contributed by atoms with E-state index >= 15 is 0 Å². The molecule has 1 aliphatic heterocycles. The molecule has 7 heteroatoms. The molecule has 1 amide bonds. The van der Waals surface area contributed by atoms with E-state index in [1.807, 2.05) is 43.6 Å². The Labute approximate surface area is 193 Å². The molecule has 0 bridgehead atoms. The van der Waals surface area contributed by atoms with Crippen LogP contribution < -0.4 is 10.2 Å². The Kier molecular flexibility index (Phi) is 5.77. The summed E-state index contributed by atoms with van der Waals surface area (Å²) in [4.78, 5) is 30.7. The molecule has 7 nitrogen and oxygen atoms in total. The molecule has 0 saturated carbocycles. The van der Waals surface area contributed by atoms with Crippen LogP contribution in [0.25, 0.3) is 22.4 Å². The standard InChI is InChI=1S/C26H28N6O/c1-17(29-18(2)33)19-7-9-20(10-8-19)21-11-13-32(14-12-21)26-27-15-22(16-28-26)25-30-23-5-3-4-6-24(23)31-25/h3-10,15-17,21H,11-14H2,1-2H3,(H,29,33)(H,30,31). The fourth-order valence-corrected chi connectivity index (χ4v) is 4.55. The highest BCUT2D eigenvalue weighted by Crippen LogP contribution is 2.30. The molecule has 1 fully saturated rings. The highest BCUT2D eigenvalue weighted by molar-refractivity contribution is 5.79. The summed E-state index contributed by atoms with van der Waals surface area (Å²) in [6.07, 6.45) is 5.83. The van der Waals surface area contributed by atoms with Crippen molar-refractivity contribution in [1.29, 1.82) is 0 Å². The van der Waals surface area contributed by atoms with E-state index < -0.39 is 0 Å². The fraction of sp³-hybridized carbons (Fsp3) is 0.308. The first-order chi connectivity index (χ1) is 16.1. The number of para-hydroxylation sites is 2. The highest BCUT2D eigenvalue weighted by Gasteiger charge is 2.22. The number of anilines is 1. The van der Waals surface area contributed by atoms with Crippen molar-refractivity contribution in [3.63, 3.8) is 0 Å². The average molecular weight is 441 g/mol. The smallest absolute Gasteiger partial charge is 0.225 e. The van der Waals surface area contributed by atoms with Gasteiger partial charge in [-0.3, -0.25) is 4.79 Å². The van der Waals surface area contributed by atoms with Gasteiger partial charge in [0.05, 0.1) is 22.6 Å². The molecule has 2 aromatic heterocycles. The van der Waals surface area contributed by atoms with Gasteiger partial charge in [-0.25, -0.2) is 15.0 Å².